The van der Waals surface area contributed by atoms with Crippen molar-refractivity contribution < 1.29 is 18.8 Å². The molecule has 7 heteroatoms. The zero-order chi connectivity index (χ0) is 14.7. The van der Waals surface area contributed by atoms with Crippen LogP contribution in [-0.2, 0) is 9.59 Å². The van der Waals surface area contributed by atoms with E-state index in [1.165, 1.54) is 6.92 Å². The van der Waals surface area contributed by atoms with Gasteiger partial charge in [0.15, 0.2) is 11.4 Å². The third-order valence-electron chi connectivity index (χ3n) is 2.79. The number of hydrogen-bond acceptors (Lipinski definition) is 6. The fraction of sp³-hybridized carbons (Fsp3) is 0.231. The predicted molar refractivity (Wildman–Crippen MR) is 70.0 cm³/mol. The van der Waals surface area contributed by atoms with Crippen LogP contribution in [0.25, 0.3) is 11.1 Å². The van der Waals surface area contributed by atoms with Crippen molar-refractivity contribution in [2.24, 2.45) is 0 Å². The largest absolute Gasteiger partial charge is 0.457 e. The Hall–Kier alpha value is -2.54. The molecule has 0 radical (unpaired) electrons. The molecule has 2 amide bonds. The number of Topliss-reactive ketones (excluding diaryl/α,β-unsaturated/α-hetero) is 1. The van der Waals surface area contributed by atoms with Gasteiger partial charge >= 0.3 is 0 Å². The van der Waals surface area contributed by atoms with E-state index in [-0.39, 0.29) is 5.78 Å². The summed E-state index contributed by atoms with van der Waals surface area (Å²) < 4.78 is 5.51. The topological polar surface area (TPSA) is 101 Å². The summed E-state index contributed by atoms with van der Waals surface area (Å²) in [6, 6.07) is 3.92. The summed E-state index contributed by atoms with van der Waals surface area (Å²) >= 11 is 0. The van der Waals surface area contributed by atoms with Crippen molar-refractivity contribution >= 4 is 29.2 Å². The third-order valence-corrected chi connectivity index (χ3v) is 2.79. The van der Waals surface area contributed by atoms with E-state index in [1.807, 2.05) is 0 Å². The molecule has 1 atom stereocenters. The average molecular weight is 275 g/mol. The van der Waals surface area contributed by atoms with Crippen LogP contribution in [0.2, 0.25) is 0 Å². The number of furan rings is 1. The Morgan fingerprint density at radius 2 is 2.15 bits per heavy atom. The van der Waals surface area contributed by atoms with Crippen LogP contribution in [-0.4, -0.2) is 30.1 Å². The number of nitrogens with one attached hydrogen (secondary N) is 2. The summed E-state index contributed by atoms with van der Waals surface area (Å²) in [5, 5.41) is 4.79. The first kappa shape index (κ1) is 13.9. The molecule has 0 aliphatic heterocycles. The number of rotatable bonds is 5. The first-order valence-corrected chi connectivity index (χ1v) is 5.89. The maximum Gasteiger partial charge on any atom is 0.251 e. The second kappa shape index (κ2) is 5.62. The Labute approximate surface area is 114 Å². The highest BCUT2D eigenvalue weighted by atomic mass is 16.3. The normalized spacial score (nSPS) is 12.1. The molecule has 0 aliphatic carbocycles. The van der Waals surface area contributed by atoms with Crippen molar-refractivity contribution in [2.45, 2.75) is 13.0 Å². The van der Waals surface area contributed by atoms with Gasteiger partial charge in [0.25, 0.3) is 5.91 Å². The maximum absolute atomic E-state index is 11.7. The van der Waals surface area contributed by atoms with E-state index in [1.54, 1.807) is 25.2 Å². The van der Waals surface area contributed by atoms with E-state index in [2.05, 4.69) is 15.6 Å². The minimum Gasteiger partial charge on any atom is -0.457 e. The highest BCUT2D eigenvalue weighted by Crippen LogP contribution is 2.23. The van der Waals surface area contributed by atoms with Gasteiger partial charge in [-0.1, -0.05) is 0 Å². The molecule has 0 bridgehead atoms. The molecule has 20 heavy (non-hydrogen) atoms. The standard InChI is InChI=1S/C13H13N3O4/c1-7(18)8-3-4-10-9(16-8)5-11(20-10)12(14-2)13(19)15-6-17/h3-6,12,14H,1-2H3,(H,15,17,19). The number of carbonyl (C=O) groups excluding carboxylic acids is 3. The van der Waals surface area contributed by atoms with Gasteiger partial charge in [-0.2, -0.15) is 0 Å². The lowest BCUT2D eigenvalue weighted by molar-refractivity contribution is -0.127. The molecular weight excluding hydrogens is 262 g/mol. The van der Waals surface area contributed by atoms with E-state index in [0.29, 0.717) is 29.0 Å². The number of amides is 2. The highest BCUT2D eigenvalue weighted by Gasteiger charge is 2.22. The second-order valence-electron chi connectivity index (χ2n) is 4.13. The zero-order valence-electron chi connectivity index (χ0n) is 11.0. The van der Waals surface area contributed by atoms with Gasteiger partial charge < -0.3 is 9.73 Å². The van der Waals surface area contributed by atoms with Crippen LogP contribution in [0.1, 0.15) is 29.2 Å². The van der Waals surface area contributed by atoms with Gasteiger partial charge in [0.1, 0.15) is 23.0 Å². The number of aromatic nitrogens is 1. The van der Waals surface area contributed by atoms with Crippen LogP contribution >= 0.6 is 0 Å². The van der Waals surface area contributed by atoms with E-state index >= 15 is 0 Å². The van der Waals surface area contributed by atoms with Crippen LogP contribution < -0.4 is 10.6 Å². The van der Waals surface area contributed by atoms with E-state index < -0.39 is 11.9 Å². The van der Waals surface area contributed by atoms with Crippen molar-refractivity contribution in [3.05, 3.63) is 29.7 Å². The first-order valence-electron chi connectivity index (χ1n) is 5.89. The minimum absolute atomic E-state index is 0.154. The lowest BCUT2D eigenvalue weighted by Crippen LogP contribution is -2.34. The fourth-order valence-corrected chi connectivity index (χ4v) is 1.83. The molecule has 0 saturated heterocycles. The molecule has 2 N–H and O–H groups in total. The monoisotopic (exact) mass is 275 g/mol. The van der Waals surface area contributed by atoms with Crippen molar-refractivity contribution in [1.82, 2.24) is 15.6 Å². The number of hydrogen-bond donors (Lipinski definition) is 2. The van der Waals surface area contributed by atoms with E-state index in [9.17, 15) is 14.4 Å². The predicted octanol–water partition coefficient (Wildman–Crippen LogP) is 0.563. The highest BCUT2D eigenvalue weighted by molar-refractivity contribution is 5.94. The maximum atomic E-state index is 11.7. The van der Waals surface area contributed by atoms with Gasteiger partial charge in [-0.3, -0.25) is 19.7 Å². The zero-order valence-corrected chi connectivity index (χ0v) is 11.0. The van der Waals surface area contributed by atoms with Crippen LogP contribution in [0, 0.1) is 0 Å². The van der Waals surface area contributed by atoms with Gasteiger partial charge in [-0.25, -0.2) is 4.98 Å². The Morgan fingerprint density at radius 1 is 1.40 bits per heavy atom. The second-order valence-corrected chi connectivity index (χ2v) is 4.13. The number of ketones is 1. The van der Waals surface area contributed by atoms with Gasteiger partial charge in [0, 0.05) is 13.0 Å². The fourth-order valence-electron chi connectivity index (χ4n) is 1.83. The molecule has 0 saturated carbocycles. The lowest BCUT2D eigenvalue weighted by Gasteiger charge is -2.10. The smallest absolute Gasteiger partial charge is 0.251 e. The SMILES string of the molecule is CNC(C(=O)NC=O)c1cc2nc(C(C)=O)ccc2o1. The summed E-state index contributed by atoms with van der Waals surface area (Å²) in [5.74, 6) is -0.373. The van der Waals surface area contributed by atoms with Crippen LogP contribution in [0.4, 0.5) is 0 Å². The van der Waals surface area contributed by atoms with Crippen molar-refractivity contribution in [3.63, 3.8) is 0 Å². The molecule has 0 spiro atoms. The summed E-state index contributed by atoms with van der Waals surface area (Å²) in [6.07, 6.45) is 0.307. The Bertz CT molecular complexity index is 677. The quantitative estimate of drug-likeness (QED) is 0.611. The van der Waals surface area contributed by atoms with Gasteiger partial charge in [-0.15, -0.1) is 0 Å². The Balaban J connectivity index is 2.41. The van der Waals surface area contributed by atoms with Crippen molar-refractivity contribution in [3.8, 4) is 0 Å². The van der Waals surface area contributed by atoms with E-state index in [0.717, 1.165) is 0 Å². The van der Waals surface area contributed by atoms with Gasteiger partial charge in [-0.05, 0) is 19.2 Å². The molecule has 104 valence electrons. The lowest BCUT2D eigenvalue weighted by atomic mass is 10.2. The molecule has 0 fully saturated rings. The summed E-state index contributed by atoms with van der Waals surface area (Å²) in [4.78, 5) is 37.4. The summed E-state index contributed by atoms with van der Waals surface area (Å²) in [6.45, 7) is 1.42. The number of nitrogens with zero attached hydrogens (tertiary/aromatic N) is 1. The van der Waals surface area contributed by atoms with Crippen LogP contribution in [0.15, 0.2) is 22.6 Å². The van der Waals surface area contributed by atoms with E-state index in [4.69, 9.17) is 4.42 Å². The number of carbonyl (C=O) groups is 3. The number of fused-ring (bicyclic) bond motifs is 1. The number of pyridine rings is 1. The molecule has 2 rings (SSSR count). The molecule has 2 aromatic heterocycles. The molecule has 2 aromatic rings. The Morgan fingerprint density at radius 3 is 2.75 bits per heavy atom. The minimum atomic E-state index is -0.810. The molecule has 0 aliphatic rings. The Kier molecular flexibility index (Phi) is 3.90. The molecule has 0 aromatic carbocycles. The van der Waals surface area contributed by atoms with Crippen LogP contribution in [0.5, 0.6) is 0 Å². The van der Waals surface area contributed by atoms with Crippen molar-refractivity contribution in [1.29, 1.82) is 0 Å². The summed E-state index contributed by atoms with van der Waals surface area (Å²) in [7, 11) is 1.57. The molecule has 7 nitrogen and oxygen atoms in total. The molecule has 1 unspecified atom stereocenters. The molecule has 2 heterocycles. The number of imide groups is 1. The van der Waals surface area contributed by atoms with Crippen molar-refractivity contribution in [2.75, 3.05) is 7.05 Å². The first-order chi connectivity index (χ1) is 9.56. The molecular formula is C13H13N3O4. The summed E-state index contributed by atoms with van der Waals surface area (Å²) in [5.41, 5.74) is 1.26. The van der Waals surface area contributed by atoms with Crippen LogP contribution in [0.3, 0.4) is 0 Å². The van der Waals surface area contributed by atoms with Gasteiger partial charge in [0.05, 0.1) is 0 Å². The number of likely N-dealkylation sites (N-methyl/N-ethyl adjacent to an activating group) is 1. The third kappa shape index (κ3) is 2.57. The average Bonchev–Trinajstić information content (AvgIpc) is 2.82. The van der Waals surface area contributed by atoms with Gasteiger partial charge in [0.2, 0.25) is 6.41 Å².